The van der Waals surface area contributed by atoms with Crippen molar-refractivity contribution in [3.05, 3.63) is 34.3 Å². The van der Waals surface area contributed by atoms with E-state index >= 15 is 0 Å². The van der Waals surface area contributed by atoms with Gasteiger partial charge in [0.2, 0.25) is 0 Å². The van der Waals surface area contributed by atoms with Crippen LogP contribution >= 0.6 is 11.6 Å². The number of hydrogen-bond donors (Lipinski definition) is 1. The van der Waals surface area contributed by atoms with Gasteiger partial charge in [-0.2, -0.15) is 13.2 Å². The molecule has 2 rings (SSSR count). The maximum atomic E-state index is 12.9. The number of halogens is 4. The summed E-state index contributed by atoms with van der Waals surface area (Å²) in [5.74, 6) is -4.62. The zero-order valence-corrected chi connectivity index (χ0v) is 12.1. The number of benzene rings is 1. The van der Waals surface area contributed by atoms with E-state index in [4.69, 9.17) is 16.7 Å². The van der Waals surface area contributed by atoms with E-state index in [1.54, 1.807) is 18.2 Å². The van der Waals surface area contributed by atoms with Crippen LogP contribution in [0, 0.1) is 18.8 Å². The Balaban J connectivity index is 2.12. The Morgan fingerprint density at radius 2 is 2.10 bits per heavy atom. The van der Waals surface area contributed by atoms with E-state index in [9.17, 15) is 18.0 Å². The first-order valence-electron chi connectivity index (χ1n) is 6.45. The third-order valence-electron chi connectivity index (χ3n) is 3.76. The molecule has 1 aliphatic heterocycles. The first-order valence-corrected chi connectivity index (χ1v) is 6.83. The third-order valence-corrected chi connectivity index (χ3v) is 4.19. The molecule has 0 bridgehead atoms. The molecule has 0 unspecified atom stereocenters. The van der Waals surface area contributed by atoms with Crippen LogP contribution in [0.3, 0.4) is 0 Å². The van der Waals surface area contributed by atoms with Crippen molar-refractivity contribution in [1.29, 1.82) is 0 Å². The lowest BCUT2D eigenvalue weighted by atomic mass is 9.96. The first-order chi connectivity index (χ1) is 9.68. The number of aliphatic carboxylic acids is 1. The van der Waals surface area contributed by atoms with Gasteiger partial charge in [0.05, 0.1) is 11.8 Å². The summed E-state index contributed by atoms with van der Waals surface area (Å²) in [6.45, 7) is 1.71. The molecule has 1 heterocycles. The fourth-order valence-corrected chi connectivity index (χ4v) is 2.78. The maximum absolute atomic E-state index is 12.9. The third kappa shape index (κ3) is 3.68. The van der Waals surface area contributed by atoms with Crippen molar-refractivity contribution in [3.63, 3.8) is 0 Å². The van der Waals surface area contributed by atoms with Gasteiger partial charge < -0.3 is 5.11 Å². The highest BCUT2D eigenvalue weighted by molar-refractivity contribution is 6.31. The van der Waals surface area contributed by atoms with Gasteiger partial charge in [-0.1, -0.05) is 23.7 Å². The smallest absolute Gasteiger partial charge is 0.393 e. The SMILES string of the molecule is Cc1cc(CN2C[C@@H](C(F)(F)F)[C@H](C(=O)O)C2)ccc1Cl. The Morgan fingerprint density at radius 1 is 1.43 bits per heavy atom. The van der Waals surface area contributed by atoms with Gasteiger partial charge in [0.15, 0.2) is 0 Å². The number of carboxylic acid groups (broad SMARTS) is 1. The molecule has 1 aromatic carbocycles. The fourth-order valence-electron chi connectivity index (χ4n) is 2.66. The summed E-state index contributed by atoms with van der Waals surface area (Å²) in [7, 11) is 0. The van der Waals surface area contributed by atoms with Gasteiger partial charge in [-0.3, -0.25) is 9.69 Å². The van der Waals surface area contributed by atoms with Crippen LogP contribution < -0.4 is 0 Å². The lowest BCUT2D eigenvalue weighted by molar-refractivity contribution is -0.188. The minimum absolute atomic E-state index is 0.0960. The molecule has 0 spiro atoms. The first kappa shape index (κ1) is 16.1. The number of alkyl halides is 3. The molecule has 0 aliphatic carbocycles. The Morgan fingerprint density at radius 3 is 2.57 bits per heavy atom. The number of nitrogens with zero attached hydrogens (tertiary/aromatic N) is 1. The molecule has 0 aromatic heterocycles. The van der Waals surface area contributed by atoms with Crippen molar-refractivity contribution in [1.82, 2.24) is 4.90 Å². The Labute approximate surface area is 125 Å². The molecule has 2 atom stereocenters. The van der Waals surface area contributed by atoms with Crippen LogP contribution in [0.2, 0.25) is 5.02 Å². The molecule has 1 aliphatic rings. The van der Waals surface area contributed by atoms with Crippen LogP contribution in [-0.2, 0) is 11.3 Å². The summed E-state index contributed by atoms with van der Waals surface area (Å²) in [6, 6.07) is 5.24. The van der Waals surface area contributed by atoms with E-state index in [0.29, 0.717) is 5.02 Å². The quantitative estimate of drug-likeness (QED) is 0.928. The van der Waals surface area contributed by atoms with Crippen molar-refractivity contribution >= 4 is 17.6 Å². The monoisotopic (exact) mass is 321 g/mol. The number of likely N-dealkylation sites (tertiary alicyclic amines) is 1. The topological polar surface area (TPSA) is 40.5 Å². The number of aryl methyl sites for hydroxylation is 1. The van der Waals surface area contributed by atoms with Gasteiger partial charge >= 0.3 is 12.1 Å². The van der Waals surface area contributed by atoms with E-state index < -0.39 is 24.0 Å². The largest absolute Gasteiger partial charge is 0.481 e. The van der Waals surface area contributed by atoms with E-state index in [2.05, 4.69) is 0 Å². The zero-order valence-electron chi connectivity index (χ0n) is 11.3. The highest BCUT2D eigenvalue weighted by Crippen LogP contribution is 2.38. The molecular weight excluding hydrogens is 307 g/mol. The van der Waals surface area contributed by atoms with Crippen LogP contribution in [0.15, 0.2) is 18.2 Å². The van der Waals surface area contributed by atoms with E-state index in [-0.39, 0.29) is 19.6 Å². The Bertz CT molecular complexity index is 548. The second kappa shape index (κ2) is 5.85. The summed E-state index contributed by atoms with van der Waals surface area (Å²) in [5, 5.41) is 9.56. The zero-order chi connectivity index (χ0) is 15.8. The van der Waals surface area contributed by atoms with Gasteiger partial charge in [-0.15, -0.1) is 0 Å². The summed E-state index contributed by atoms with van der Waals surface area (Å²) in [4.78, 5) is 12.5. The summed E-state index contributed by atoms with van der Waals surface area (Å²) >= 11 is 5.90. The second-order valence-corrected chi connectivity index (χ2v) is 5.78. The van der Waals surface area contributed by atoms with Crippen molar-refractivity contribution in [2.75, 3.05) is 13.1 Å². The van der Waals surface area contributed by atoms with Crippen LogP contribution in [0.4, 0.5) is 13.2 Å². The fraction of sp³-hybridized carbons (Fsp3) is 0.500. The number of hydrogen-bond acceptors (Lipinski definition) is 2. The number of rotatable bonds is 3. The van der Waals surface area contributed by atoms with E-state index in [1.807, 2.05) is 6.92 Å². The molecule has 21 heavy (non-hydrogen) atoms. The normalized spacial score (nSPS) is 23.5. The summed E-state index contributed by atoms with van der Waals surface area (Å²) in [6.07, 6.45) is -4.49. The Kier molecular flexibility index (Phi) is 4.49. The summed E-state index contributed by atoms with van der Waals surface area (Å²) < 4.78 is 38.7. The lowest BCUT2D eigenvalue weighted by Crippen LogP contribution is -2.33. The second-order valence-electron chi connectivity index (χ2n) is 5.37. The average Bonchev–Trinajstić information content (AvgIpc) is 2.78. The highest BCUT2D eigenvalue weighted by Gasteiger charge is 2.52. The van der Waals surface area contributed by atoms with Gasteiger partial charge in [0.25, 0.3) is 0 Å². The predicted octanol–water partition coefficient (Wildman–Crippen LogP) is 3.34. The average molecular weight is 322 g/mol. The van der Waals surface area contributed by atoms with Crippen molar-refractivity contribution in [2.24, 2.45) is 11.8 Å². The van der Waals surface area contributed by atoms with E-state index in [1.165, 1.54) is 4.90 Å². The Hall–Kier alpha value is -1.27. The highest BCUT2D eigenvalue weighted by atomic mass is 35.5. The molecule has 0 saturated carbocycles. The standard InChI is InChI=1S/C14H15ClF3NO2/c1-8-4-9(2-3-12(8)15)5-19-6-10(13(20)21)11(7-19)14(16,17)18/h2-4,10-11H,5-7H2,1H3,(H,20,21)/t10-,11-/m1/s1. The molecule has 1 fully saturated rings. The van der Waals surface area contributed by atoms with Gasteiger partial charge in [0.1, 0.15) is 0 Å². The van der Waals surface area contributed by atoms with Crippen LogP contribution in [-0.4, -0.2) is 35.2 Å². The minimum atomic E-state index is -4.49. The number of carbonyl (C=O) groups is 1. The molecule has 1 aromatic rings. The van der Waals surface area contributed by atoms with E-state index in [0.717, 1.165) is 11.1 Å². The molecule has 1 N–H and O–H groups in total. The molecule has 0 radical (unpaired) electrons. The van der Waals surface area contributed by atoms with Gasteiger partial charge in [0, 0.05) is 24.7 Å². The van der Waals surface area contributed by atoms with Crippen LogP contribution in [0.5, 0.6) is 0 Å². The van der Waals surface area contributed by atoms with Crippen molar-refractivity contribution < 1.29 is 23.1 Å². The summed E-state index contributed by atoms with van der Waals surface area (Å²) in [5.41, 5.74) is 1.67. The van der Waals surface area contributed by atoms with Crippen LogP contribution in [0.1, 0.15) is 11.1 Å². The molecular formula is C14H15ClF3NO2. The van der Waals surface area contributed by atoms with Crippen molar-refractivity contribution in [2.45, 2.75) is 19.6 Å². The molecule has 7 heteroatoms. The van der Waals surface area contributed by atoms with Crippen LogP contribution in [0.25, 0.3) is 0 Å². The van der Waals surface area contributed by atoms with Crippen molar-refractivity contribution in [3.8, 4) is 0 Å². The molecule has 116 valence electrons. The molecule has 3 nitrogen and oxygen atoms in total. The molecule has 1 saturated heterocycles. The maximum Gasteiger partial charge on any atom is 0.393 e. The lowest BCUT2D eigenvalue weighted by Gasteiger charge is -2.18. The van der Waals surface area contributed by atoms with Gasteiger partial charge in [-0.05, 0) is 24.1 Å². The molecule has 0 amide bonds. The minimum Gasteiger partial charge on any atom is -0.481 e. The number of carboxylic acids is 1. The predicted molar refractivity (Wildman–Crippen MR) is 72.1 cm³/mol. The van der Waals surface area contributed by atoms with Gasteiger partial charge in [-0.25, -0.2) is 0 Å².